The predicted molar refractivity (Wildman–Crippen MR) is 174 cm³/mol. The molecule has 240 valence electrons. The van der Waals surface area contributed by atoms with E-state index in [2.05, 4.69) is 28.3 Å². The fourth-order valence-electron chi connectivity index (χ4n) is 5.56. The summed E-state index contributed by atoms with van der Waals surface area (Å²) in [5, 5.41) is 21.2. The molecule has 0 aliphatic carbocycles. The molecule has 3 unspecified atom stereocenters. The van der Waals surface area contributed by atoms with E-state index >= 15 is 0 Å². The molecular formula is C37H41N3O6. The van der Waals surface area contributed by atoms with Crippen molar-refractivity contribution in [1.82, 2.24) is 15.2 Å². The van der Waals surface area contributed by atoms with Crippen molar-refractivity contribution < 1.29 is 29.3 Å². The number of carboxylic acids is 1. The maximum Gasteiger partial charge on any atom is 0.303 e. The maximum absolute atomic E-state index is 12.0. The van der Waals surface area contributed by atoms with E-state index in [1.165, 1.54) is 0 Å². The van der Waals surface area contributed by atoms with E-state index in [-0.39, 0.29) is 37.6 Å². The number of likely N-dealkylation sites (N-methyl/N-ethyl adjacent to an activating group) is 1. The van der Waals surface area contributed by atoms with Crippen LogP contribution in [0.15, 0.2) is 97.2 Å². The minimum Gasteiger partial charge on any atom is -0.481 e. The van der Waals surface area contributed by atoms with Gasteiger partial charge in [-0.25, -0.2) is 0 Å². The van der Waals surface area contributed by atoms with Crippen molar-refractivity contribution in [2.75, 3.05) is 20.1 Å². The molecule has 9 heteroatoms. The molecule has 1 amide bonds. The molecule has 46 heavy (non-hydrogen) atoms. The molecule has 9 nitrogen and oxygen atoms in total. The Labute approximate surface area is 269 Å². The van der Waals surface area contributed by atoms with Crippen LogP contribution in [0.4, 0.5) is 0 Å². The second-order valence-electron chi connectivity index (χ2n) is 11.7. The number of carbonyl (C=O) groups excluding carboxylic acids is 1. The third-order valence-corrected chi connectivity index (χ3v) is 8.08. The number of aliphatic hydroxyl groups excluding tert-OH is 1. The Bertz CT molecular complexity index is 1580. The molecule has 3 N–H and O–H groups in total. The van der Waals surface area contributed by atoms with E-state index in [0.717, 1.165) is 58.6 Å². The van der Waals surface area contributed by atoms with Crippen LogP contribution < -0.4 is 5.32 Å². The zero-order valence-electron chi connectivity index (χ0n) is 26.0. The molecule has 0 bridgehead atoms. The van der Waals surface area contributed by atoms with Crippen molar-refractivity contribution in [3.8, 4) is 11.1 Å². The number of rotatable bonds is 14. The van der Waals surface area contributed by atoms with Crippen LogP contribution in [0, 0.1) is 0 Å². The highest BCUT2D eigenvalue weighted by Crippen LogP contribution is 2.39. The van der Waals surface area contributed by atoms with E-state index < -0.39 is 12.3 Å². The standard InChI is InChI=1S/C37H41N3O6/c1-40(19-17-32-10-2-3-18-38-32)24-33-22-34(28-13-11-26(25-41)12-14-28)46-37(45-33)31-9-5-8-30(21-31)29-7-4-6-27(20-29)23-39-35(42)15-16-36(43)44/h2-14,18,20-21,33-34,37,41H,15-17,19,22-25H2,1H3,(H,39,42)(H,43,44). The van der Waals surface area contributed by atoms with Crippen molar-refractivity contribution in [2.24, 2.45) is 0 Å². The lowest BCUT2D eigenvalue weighted by Gasteiger charge is -2.38. The van der Waals surface area contributed by atoms with Gasteiger partial charge in [0.15, 0.2) is 6.29 Å². The Morgan fingerprint density at radius 2 is 1.67 bits per heavy atom. The van der Waals surface area contributed by atoms with Crippen molar-refractivity contribution in [3.63, 3.8) is 0 Å². The second-order valence-corrected chi connectivity index (χ2v) is 11.7. The fourth-order valence-corrected chi connectivity index (χ4v) is 5.56. The first-order valence-corrected chi connectivity index (χ1v) is 15.6. The Morgan fingerprint density at radius 3 is 2.41 bits per heavy atom. The maximum atomic E-state index is 12.0. The first-order chi connectivity index (χ1) is 22.4. The highest BCUT2D eigenvalue weighted by atomic mass is 16.7. The van der Waals surface area contributed by atoms with Crippen LogP contribution in [0.2, 0.25) is 0 Å². The molecule has 0 saturated carbocycles. The number of pyridine rings is 1. The summed E-state index contributed by atoms with van der Waals surface area (Å²) in [6, 6.07) is 29.9. The smallest absolute Gasteiger partial charge is 0.303 e. The Balaban J connectivity index is 1.30. The van der Waals surface area contributed by atoms with E-state index in [0.29, 0.717) is 13.0 Å². The summed E-state index contributed by atoms with van der Waals surface area (Å²) < 4.78 is 13.2. The number of carboxylic acid groups (broad SMARTS) is 1. The summed E-state index contributed by atoms with van der Waals surface area (Å²) in [5.74, 6) is -1.29. The van der Waals surface area contributed by atoms with Gasteiger partial charge in [-0.15, -0.1) is 0 Å². The zero-order chi connectivity index (χ0) is 32.3. The van der Waals surface area contributed by atoms with Gasteiger partial charge in [-0.3, -0.25) is 14.6 Å². The van der Waals surface area contributed by atoms with Gasteiger partial charge in [0.05, 0.1) is 25.2 Å². The fraction of sp³-hybridized carbons (Fsp3) is 0.324. The molecule has 0 radical (unpaired) electrons. The van der Waals surface area contributed by atoms with E-state index in [4.69, 9.17) is 14.6 Å². The number of aliphatic carboxylic acids is 1. The number of nitrogens with zero attached hydrogens (tertiary/aromatic N) is 2. The molecule has 1 fully saturated rings. The topological polar surface area (TPSA) is 121 Å². The van der Waals surface area contributed by atoms with Gasteiger partial charge in [-0.05, 0) is 59.1 Å². The summed E-state index contributed by atoms with van der Waals surface area (Å²) in [4.78, 5) is 29.5. The third kappa shape index (κ3) is 9.55. The molecule has 5 rings (SSSR count). The van der Waals surface area contributed by atoms with Gasteiger partial charge >= 0.3 is 5.97 Å². The van der Waals surface area contributed by atoms with Crippen LogP contribution in [0.25, 0.3) is 11.1 Å². The lowest BCUT2D eigenvalue weighted by molar-refractivity contribution is -0.252. The minimum absolute atomic E-state index is 0.00762. The summed E-state index contributed by atoms with van der Waals surface area (Å²) in [7, 11) is 2.10. The number of carbonyl (C=O) groups is 2. The normalized spacial score (nSPS) is 17.9. The molecule has 4 aromatic rings. The molecule has 1 aromatic heterocycles. The summed E-state index contributed by atoms with van der Waals surface area (Å²) in [6.07, 6.45) is 2.28. The van der Waals surface area contributed by atoms with Crippen LogP contribution in [0.5, 0.6) is 0 Å². The first kappa shape index (κ1) is 33.0. The molecule has 0 spiro atoms. The van der Waals surface area contributed by atoms with E-state index in [1.54, 1.807) is 0 Å². The molecule has 1 saturated heterocycles. The lowest BCUT2D eigenvalue weighted by atomic mass is 9.98. The Kier molecular flexibility index (Phi) is 11.6. The number of aromatic nitrogens is 1. The highest BCUT2D eigenvalue weighted by Gasteiger charge is 2.33. The van der Waals surface area contributed by atoms with Crippen molar-refractivity contribution in [2.45, 2.75) is 57.3 Å². The van der Waals surface area contributed by atoms with E-state index in [9.17, 15) is 14.7 Å². The average Bonchev–Trinajstić information content (AvgIpc) is 3.09. The molecule has 3 atom stereocenters. The van der Waals surface area contributed by atoms with Crippen molar-refractivity contribution >= 4 is 11.9 Å². The molecule has 3 aromatic carbocycles. The Hall–Kier alpha value is -4.41. The van der Waals surface area contributed by atoms with Gasteiger partial charge in [0.1, 0.15) is 0 Å². The predicted octanol–water partition coefficient (Wildman–Crippen LogP) is 5.44. The molecule has 1 aliphatic heterocycles. The average molecular weight is 624 g/mol. The quantitative estimate of drug-likeness (QED) is 0.170. The third-order valence-electron chi connectivity index (χ3n) is 8.08. The number of ether oxygens (including phenoxy) is 2. The minimum atomic E-state index is -0.993. The number of hydrogen-bond acceptors (Lipinski definition) is 7. The van der Waals surface area contributed by atoms with Gasteiger partial charge in [0.25, 0.3) is 0 Å². The SMILES string of the molecule is CN(CCc1ccccn1)CC1CC(c2ccc(CO)cc2)OC(c2cccc(-c3cccc(CNC(=O)CCC(=O)O)c3)c2)O1. The van der Waals surface area contributed by atoms with E-state index in [1.807, 2.05) is 91.1 Å². The van der Waals surface area contributed by atoms with Crippen molar-refractivity contribution in [1.29, 1.82) is 0 Å². The molecule has 2 heterocycles. The number of hydrogen-bond donors (Lipinski definition) is 3. The summed E-state index contributed by atoms with van der Waals surface area (Å²) >= 11 is 0. The second kappa shape index (κ2) is 16.2. The Morgan fingerprint density at radius 1 is 0.891 bits per heavy atom. The monoisotopic (exact) mass is 623 g/mol. The van der Waals surface area contributed by atoms with Gasteiger partial charge in [0, 0.05) is 56.4 Å². The number of amides is 1. The number of benzene rings is 3. The van der Waals surface area contributed by atoms with Crippen LogP contribution in [-0.2, 0) is 38.6 Å². The summed E-state index contributed by atoms with van der Waals surface area (Å²) in [5.41, 5.74) is 6.75. The van der Waals surface area contributed by atoms with Crippen LogP contribution in [-0.4, -0.2) is 58.2 Å². The molecular weight excluding hydrogens is 582 g/mol. The number of nitrogens with one attached hydrogen (secondary N) is 1. The van der Waals surface area contributed by atoms with Crippen molar-refractivity contribution in [3.05, 3.63) is 125 Å². The highest BCUT2D eigenvalue weighted by molar-refractivity contribution is 5.80. The first-order valence-electron chi connectivity index (χ1n) is 15.6. The summed E-state index contributed by atoms with van der Waals surface area (Å²) in [6.45, 7) is 1.89. The van der Waals surface area contributed by atoms with Gasteiger partial charge in [0.2, 0.25) is 5.91 Å². The lowest BCUT2D eigenvalue weighted by Crippen LogP contribution is -2.38. The van der Waals surface area contributed by atoms with Crippen LogP contribution >= 0.6 is 0 Å². The number of aliphatic hydroxyl groups is 1. The van der Waals surface area contributed by atoms with Gasteiger partial charge in [-0.2, -0.15) is 0 Å². The van der Waals surface area contributed by atoms with Crippen LogP contribution in [0.1, 0.15) is 59.6 Å². The van der Waals surface area contributed by atoms with Crippen LogP contribution in [0.3, 0.4) is 0 Å². The largest absolute Gasteiger partial charge is 0.481 e. The van der Waals surface area contributed by atoms with Gasteiger partial charge in [-0.1, -0.05) is 66.7 Å². The van der Waals surface area contributed by atoms with Gasteiger partial charge < -0.3 is 29.9 Å². The molecule has 1 aliphatic rings. The zero-order valence-corrected chi connectivity index (χ0v) is 26.0.